The first-order chi connectivity index (χ1) is 13.6. The van der Waals surface area contributed by atoms with Crippen LogP contribution in [0.3, 0.4) is 0 Å². The second-order valence-electron chi connectivity index (χ2n) is 7.08. The first kappa shape index (κ1) is 26.2. The number of rotatable bonds is 18. The van der Waals surface area contributed by atoms with Gasteiger partial charge in [0, 0.05) is 12.8 Å². The topological polar surface area (TPSA) is 63.6 Å². The lowest BCUT2D eigenvalue weighted by atomic mass is 10.1. The van der Waals surface area contributed by atoms with E-state index in [-0.39, 0.29) is 18.5 Å². The third-order valence-electron chi connectivity index (χ3n) is 4.34. The van der Waals surface area contributed by atoms with Crippen LogP contribution in [-0.4, -0.2) is 23.1 Å². The maximum Gasteiger partial charge on any atom is 0.306 e. The van der Waals surface area contributed by atoms with Crippen LogP contribution in [0.25, 0.3) is 0 Å². The summed E-state index contributed by atoms with van der Waals surface area (Å²) in [5, 5.41) is 8.64. The monoisotopic (exact) mass is 392 g/mol. The Bertz CT molecular complexity index is 477. The standard InChI is InChI=1S/C24H40O4/c1-3-5-7-10-14-18-22(19-15-12-9-13-16-20-23(25)26)28-24(27)21-17-11-8-6-4-2/h5,7,14-15,18-19,22H,3-4,6,8-13,16-17,20-21H2,1-2H3,(H,25,26)/b7-5-,18-14-,19-15-. The number of allylic oxidation sites excluding steroid dienone is 4. The molecule has 0 saturated heterocycles. The molecule has 1 unspecified atom stereocenters. The average Bonchev–Trinajstić information content (AvgIpc) is 2.66. The van der Waals surface area contributed by atoms with Gasteiger partial charge in [-0.3, -0.25) is 9.59 Å². The van der Waals surface area contributed by atoms with E-state index in [0.29, 0.717) is 12.8 Å². The van der Waals surface area contributed by atoms with E-state index >= 15 is 0 Å². The summed E-state index contributed by atoms with van der Waals surface area (Å²) < 4.78 is 5.61. The second-order valence-corrected chi connectivity index (χ2v) is 7.08. The van der Waals surface area contributed by atoms with E-state index in [1.54, 1.807) is 0 Å². The summed E-state index contributed by atoms with van der Waals surface area (Å²) in [5.74, 6) is -0.874. The summed E-state index contributed by atoms with van der Waals surface area (Å²) in [6.45, 7) is 4.28. The molecule has 0 amide bonds. The zero-order chi connectivity index (χ0) is 20.9. The highest BCUT2D eigenvalue weighted by molar-refractivity contribution is 5.69. The van der Waals surface area contributed by atoms with E-state index in [9.17, 15) is 9.59 Å². The number of ether oxygens (including phenoxy) is 1. The van der Waals surface area contributed by atoms with Gasteiger partial charge in [-0.05, 0) is 50.7 Å². The van der Waals surface area contributed by atoms with E-state index < -0.39 is 5.97 Å². The molecule has 0 spiro atoms. The predicted molar refractivity (Wildman–Crippen MR) is 116 cm³/mol. The van der Waals surface area contributed by atoms with Crippen molar-refractivity contribution in [3.8, 4) is 0 Å². The number of carbonyl (C=O) groups excluding carboxylic acids is 1. The van der Waals surface area contributed by atoms with Gasteiger partial charge in [0.25, 0.3) is 0 Å². The molecule has 0 bridgehead atoms. The molecule has 0 radical (unpaired) electrons. The number of carboxylic acids is 1. The van der Waals surface area contributed by atoms with Crippen LogP contribution < -0.4 is 0 Å². The highest BCUT2D eigenvalue weighted by atomic mass is 16.5. The lowest BCUT2D eigenvalue weighted by molar-refractivity contribution is -0.145. The Kier molecular flexibility index (Phi) is 18.6. The summed E-state index contributed by atoms with van der Waals surface area (Å²) in [5.41, 5.74) is 0. The van der Waals surface area contributed by atoms with Crippen LogP contribution in [-0.2, 0) is 14.3 Å². The van der Waals surface area contributed by atoms with Crippen molar-refractivity contribution in [2.24, 2.45) is 0 Å². The Labute approximate surface area is 171 Å². The van der Waals surface area contributed by atoms with Crippen LogP contribution in [0, 0.1) is 0 Å². The normalized spacial score (nSPS) is 12.9. The molecule has 4 nitrogen and oxygen atoms in total. The molecule has 0 heterocycles. The summed E-state index contributed by atoms with van der Waals surface area (Å²) in [6, 6.07) is 0. The fourth-order valence-corrected chi connectivity index (χ4v) is 2.73. The minimum atomic E-state index is -0.737. The summed E-state index contributed by atoms with van der Waals surface area (Å²) in [4.78, 5) is 22.6. The maximum atomic E-state index is 12.1. The number of aliphatic carboxylic acids is 1. The Balaban J connectivity index is 4.32. The fraction of sp³-hybridized carbons (Fsp3) is 0.667. The number of hydrogen-bond acceptors (Lipinski definition) is 3. The van der Waals surface area contributed by atoms with Crippen LogP contribution in [0.2, 0.25) is 0 Å². The number of carboxylic acid groups (broad SMARTS) is 1. The number of carbonyl (C=O) groups is 2. The van der Waals surface area contributed by atoms with Gasteiger partial charge in [0.15, 0.2) is 0 Å². The predicted octanol–water partition coefficient (Wildman–Crippen LogP) is 6.76. The summed E-state index contributed by atoms with van der Waals surface area (Å²) in [6.07, 6.45) is 23.4. The quantitative estimate of drug-likeness (QED) is 0.159. The van der Waals surface area contributed by atoms with Crippen LogP contribution in [0.5, 0.6) is 0 Å². The molecule has 0 rings (SSSR count). The van der Waals surface area contributed by atoms with Crippen molar-refractivity contribution in [1.29, 1.82) is 0 Å². The molecule has 0 aromatic heterocycles. The van der Waals surface area contributed by atoms with E-state index in [0.717, 1.165) is 44.9 Å². The molecular weight excluding hydrogens is 352 g/mol. The highest BCUT2D eigenvalue weighted by Crippen LogP contribution is 2.09. The molecule has 0 aromatic rings. The van der Waals surface area contributed by atoms with Crippen LogP contribution >= 0.6 is 0 Å². The van der Waals surface area contributed by atoms with Gasteiger partial charge in [0.05, 0.1) is 0 Å². The summed E-state index contributed by atoms with van der Waals surface area (Å²) in [7, 11) is 0. The van der Waals surface area contributed by atoms with E-state index in [2.05, 4.69) is 26.0 Å². The van der Waals surface area contributed by atoms with Crippen molar-refractivity contribution in [3.63, 3.8) is 0 Å². The van der Waals surface area contributed by atoms with Crippen molar-refractivity contribution >= 4 is 11.9 Å². The van der Waals surface area contributed by atoms with E-state index in [1.165, 1.54) is 19.3 Å². The van der Waals surface area contributed by atoms with Gasteiger partial charge < -0.3 is 9.84 Å². The molecule has 0 aliphatic carbocycles. The Hall–Kier alpha value is -1.84. The van der Waals surface area contributed by atoms with Gasteiger partial charge in [-0.1, -0.05) is 70.3 Å². The average molecular weight is 393 g/mol. The molecule has 1 N–H and O–H groups in total. The SMILES string of the molecule is CC/C=C\C/C=C\C(/C=C\CCCCCC(=O)O)OC(=O)CCCCCCC. The Morgan fingerprint density at radius 1 is 0.821 bits per heavy atom. The first-order valence-corrected chi connectivity index (χ1v) is 11.0. The van der Waals surface area contributed by atoms with Crippen molar-refractivity contribution < 1.29 is 19.4 Å². The number of hydrogen-bond donors (Lipinski definition) is 1. The smallest absolute Gasteiger partial charge is 0.306 e. The molecule has 0 fully saturated rings. The van der Waals surface area contributed by atoms with Gasteiger partial charge in [-0.15, -0.1) is 0 Å². The second kappa shape index (κ2) is 19.9. The zero-order valence-electron chi connectivity index (χ0n) is 17.9. The maximum absolute atomic E-state index is 12.1. The minimum absolute atomic E-state index is 0.138. The number of unbranched alkanes of at least 4 members (excludes halogenated alkanes) is 7. The molecule has 1 atom stereocenters. The van der Waals surface area contributed by atoms with Crippen molar-refractivity contribution in [1.82, 2.24) is 0 Å². The Morgan fingerprint density at radius 3 is 2.21 bits per heavy atom. The lowest BCUT2D eigenvalue weighted by Gasteiger charge is -2.11. The third kappa shape index (κ3) is 18.9. The number of esters is 1. The fourth-order valence-electron chi connectivity index (χ4n) is 2.73. The minimum Gasteiger partial charge on any atom is -0.481 e. The van der Waals surface area contributed by atoms with Crippen LogP contribution in [0.15, 0.2) is 36.5 Å². The van der Waals surface area contributed by atoms with E-state index in [1.807, 2.05) is 24.3 Å². The summed E-state index contributed by atoms with van der Waals surface area (Å²) >= 11 is 0. The Morgan fingerprint density at radius 2 is 1.50 bits per heavy atom. The molecule has 0 aliphatic heterocycles. The first-order valence-electron chi connectivity index (χ1n) is 11.0. The van der Waals surface area contributed by atoms with Crippen LogP contribution in [0.1, 0.15) is 97.3 Å². The third-order valence-corrected chi connectivity index (χ3v) is 4.34. The molecule has 0 aliphatic rings. The molecule has 28 heavy (non-hydrogen) atoms. The van der Waals surface area contributed by atoms with Gasteiger partial charge in [-0.25, -0.2) is 0 Å². The van der Waals surface area contributed by atoms with Gasteiger partial charge in [0.2, 0.25) is 0 Å². The van der Waals surface area contributed by atoms with Crippen LogP contribution in [0.4, 0.5) is 0 Å². The zero-order valence-corrected chi connectivity index (χ0v) is 17.9. The lowest BCUT2D eigenvalue weighted by Crippen LogP contribution is -2.13. The van der Waals surface area contributed by atoms with Gasteiger partial charge in [0.1, 0.15) is 6.10 Å². The van der Waals surface area contributed by atoms with Crippen molar-refractivity contribution in [2.75, 3.05) is 0 Å². The molecule has 4 heteroatoms. The van der Waals surface area contributed by atoms with Gasteiger partial charge >= 0.3 is 11.9 Å². The van der Waals surface area contributed by atoms with Gasteiger partial charge in [-0.2, -0.15) is 0 Å². The molecule has 0 saturated carbocycles. The molecule has 0 aromatic carbocycles. The highest BCUT2D eigenvalue weighted by Gasteiger charge is 2.08. The van der Waals surface area contributed by atoms with E-state index in [4.69, 9.17) is 9.84 Å². The largest absolute Gasteiger partial charge is 0.481 e. The van der Waals surface area contributed by atoms with Crippen molar-refractivity contribution in [3.05, 3.63) is 36.5 Å². The molecular formula is C24H40O4. The molecule has 160 valence electrons. The van der Waals surface area contributed by atoms with Crippen molar-refractivity contribution in [2.45, 2.75) is 103 Å².